The number of aliphatic hydroxyl groups excluding tert-OH is 1. The largest absolute Gasteiger partial charge is 0.393 e. The van der Waals surface area contributed by atoms with Crippen LogP contribution >= 0.6 is 0 Å². The summed E-state index contributed by atoms with van der Waals surface area (Å²) < 4.78 is 5.61. The Morgan fingerprint density at radius 1 is 1.35 bits per heavy atom. The zero-order valence-electron chi connectivity index (χ0n) is 13.2. The van der Waals surface area contributed by atoms with Gasteiger partial charge in [0.25, 0.3) is 0 Å². The summed E-state index contributed by atoms with van der Waals surface area (Å²) in [6.07, 6.45) is 5.33. The smallest absolute Gasteiger partial charge is 0.0824 e. The van der Waals surface area contributed by atoms with Gasteiger partial charge in [-0.15, -0.1) is 0 Å². The first-order valence-electron chi connectivity index (χ1n) is 7.90. The fourth-order valence-corrected chi connectivity index (χ4v) is 4.35. The lowest BCUT2D eigenvalue weighted by Gasteiger charge is -2.44. The van der Waals surface area contributed by atoms with Crippen molar-refractivity contribution in [3.63, 3.8) is 0 Å². The molecule has 0 aromatic rings. The Morgan fingerprint density at radius 3 is 2.70 bits per heavy atom. The molecule has 0 amide bonds. The first-order valence-corrected chi connectivity index (χ1v) is 7.90. The lowest BCUT2D eigenvalue weighted by atomic mass is 9.63. The van der Waals surface area contributed by atoms with Gasteiger partial charge in [0.2, 0.25) is 0 Å². The third kappa shape index (κ3) is 3.26. The van der Waals surface area contributed by atoms with Crippen LogP contribution in [0.4, 0.5) is 0 Å². The lowest BCUT2D eigenvalue weighted by molar-refractivity contribution is -0.0257. The van der Waals surface area contributed by atoms with Gasteiger partial charge in [0.05, 0.1) is 24.9 Å². The van der Waals surface area contributed by atoms with Crippen LogP contribution in [0.2, 0.25) is 0 Å². The Morgan fingerprint density at radius 2 is 2.05 bits per heavy atom. The van der Waals surface area contributed by atoms with Crippen LogP contribution in [0.5, 0.6) is 0 Å². The molecule has 0 aliphatic heterocycles. The summed E-state index contributed by atoms with van der Waals surface area (Å²) in [4.78, 5) is 0. The molecule has 4 unspecified atom stereocenters. The third-order valence-electron chi connectivity index (χ3n) is 5.32. The Balaban J connectivity index is 1.94. The summed E-state index contributed by atoms with van der Waals surface area (Å²) >= 11 is 0. The first kappa shape index (κ1) is 16.0. The molecule has 2 aliphatic rings. The second-order valence-electron chi connectivity index (χ2n) is 7.67. The van der Waals surface area contributed by atoms with E-state index < -0.39 is 5.60 Å². The monoisotopic (exact) mass is 282 g/mol. The lowest BCUT2D eigenvalue weighted by Crippen LogP contribution is -2.40. The van der Waals surface area contributed by atoms with Crippen molar-refractivity contribution in [3.05, 3.63) is 12.2 Å². The minimum Gasteiger partial charge on any atom is -0.393 e. The minimum atomic E-state index is -0.788. The molecule has 2 N–H and O–H groups in total. The number of hydrogen-bond acceptors (Lipinski definition) is 3. The molecule has 0 spiro atoms. The van der Waals surface area contributed by atoms with Crippen LogP contribution in [-0.4, -0.2) is 35.1 Å². The molecule has 3 heteroatoms. The van der Waals surface area contributed by atoms with Gasteiger partial charge in [0, 0.05) is 0 Å². The SMILES string of the molecule is C=C(COCC(C)(C)O)C1CCC2C(O)CCCC12C. The average Bonchev–Trinajstić information content (AvgIpc) is 2.66. The normalized spacial score (nSPS) is 37.8. The number of fused-ring (bicyclic) bond motifs is 1. The van der Waals surface area contributed by atoms with Crippen molar-refractivity contribution < 1.29 is 14.9 Å². The van der Waals surface area contributed by atoms with E-state index in [2.05, 4.69) is 13.5 Å². The molecule has 0 aromatic heterocycles. The topological polar surface area (TPSA) is 49.7 Å². The van der Waals surface area contributed by atoms with Gasteiger partial charge in [0.1, 0.15) is 0 Å². The van der Waals surface area contributed by atoms with Gasteiger partial charge in [0.15, 0.2) is 0 Å². The molecular weight excluding hydrogens is 252 g/mol. The molecule has 3 nitrogen and oxygen atoms in total. The van der Waals surface area contributed by atoms with E-state index in [1.807, 2.05) is 0 Å². The van der Waals surface area contributed by atoms with E-state index in [-0.39, 0.29) is 11.5 Å². The summed E-state index contributed by atoms with van der Waals surface area (Å²) in [5.41, 5.74) is 0.532. The highest BCUT2D eigenvalue weighted by molar-refractivity contribution is 5.14. The summed E-state index contributed by atoms with van der Waals surface area (Å²) in [5.74, 6) is 0.872. The first-order chi connectivity index (χ1) is 9.24. The molecular formula is C17H30O3. The fraction of sp³-hybridized carbons (Fsp3) is 0.882. The van der Waals surface area contributed by atoms with Crippen molar-refractivity contribution in [2.45, 2.75) is 64.6 Å². The van der Waals surface area contributed by atoms with E-state index in [4.69, 9.17) is 4.74 Å². The average molecular weight is 282 g/mol. The van der Waals surface area contributed by atoms with Gasteiger partial charge in [-0.3, -0.25) is 0 Å². The maximum atomic E-state index is 10.2. The molecule has 0 saturated heterocycles. The van der Waals surface area contributed by atoms with Gasteiger partial charge >= 0.3 is 0 Å². The molecule has 0 bridgehead atoms. The van der Waals surface area contributed by atoms with Crippen LogP contribution < -0.4 is 0 Å². The molecule has 0 aromatic carbocycles. The Bertz CT molecular complexity index is 358. The molecule has 2 fully saturated rings. The molecule has 20 heavy (non-hydrogen) atoms. The molecule has 116 valence electrons. The van der Waals surface area contributed by atoms with Crippen molar-refractivity contribution in [1.82, 2.24) is 0 Å². The summed E-state index contributed by atoms with van der Waals surface area (Å²) in [6, 6.07) is 0. The van der Waals surface area contributed by atoms with Crippen LogP contribution in [0.15, 0.2) is 12.2 Å². The second kappa shape index (κ2) is 5.78. The Hall–Kier alpha value is -0.380. The Kier molecular flexibility index (Phi) is 4.63. The highest BCUT2D eigenvalue weighted by Crippen LogP contribution is 2.57. The van der Waals surface area contributed by atoms with E-state index >= 15 is 0 Å². The zero-order valence-corrected chi connectivity index (χ0v) is 13.2. The van der Waals surface area contributed by atoms with Crippen LogP contribution in [-0.2, 0) is 4.74 Å². The molecule has 2 saturated carbocycles. The maximum absolute atomic E-state index is 10.2. The summed E-state index contributed by atoms with van der Waals surface area (Å²) in [6.45, 7) is 10.9. The second-order valence-corrected chi connectivity index (χ2v) is 7.67. The standard InChI is InChI=1S/C17H30O3/c1-12(10-20-11-16(2,3)19)13-7-8-14-15(18)6-5-9-17(13,14)4/h13-15,18-19H,1,5-11H2,2-4H3. The van der Waals surface area contributed by atoms with Crippen molar-refractivity contribution in [1.29, 1.82) is 0 Å². The van der Waals surface area contributed by atoms with Gasteiger partial charge < -0.3 is 14.9 Å². The van der Waals surface area contributed by atoms with Gasteiger partial charge in [-0.2, -0.15) is 0 Å². The van der Waals surface area contributed by atoms with Crippen LogP contribution in [0.25, 0.3) is 0 Å². The van der Waals surface area contributed by atoms with E-state index in [9.17, 15) is 10.2 Å². The van der Waals surface area contributed by atoms with E-state index in [0.29, 0.717) is 25.0 Å². The van der Waals surface area contributed by atoms with Crippen molar-refractivity contribution in [2.75, 3.05) is 13.2 Å². The zero-order chi connectivity index (χ0) is 15.0. The number of ether oxygens (including phenoxy) is 1. The van der Waals surface area contributed by atoms with Crippen LogP contribution in [0.3, 0.4) is 0 Å². The van der Waals surface area contributed by atoms with Crippen molar-refractivity contribution in [3.8, 4) is 0 Å². The number of hydrogen-bond donors (Lipinski definition) is 2. The number of aliphatic hydroxyl groups is 2. The quantitative estimate of drug-likeness (QED) is 0.762. The highest BCUT2D eigenvalue weighted by atomic mass is 16.5. The van der Waals surface area contributed by atoms with Crippen molar-refractivity contribution in [2.24, 2.45) is 17.3 Å². The van der Waals surface area contributed by atoms with Gasteiger partial charge in [-0.05, 0) is 62.4 Å². The minimum absolute atomic E-state index is 0.135. The predicted octanol–water partition coefficient (Wildman–Crippen LogP) is 2.91. The highest BCUT2D eigenvalue weighted by Gasteiger charge is 2.51. The van der Waals surface area contributed by atoms with Crippen molar-refractivity contribution >= 4 is 0 Å². The molecule has 2 aliphatic carbocycles. The predicted molar refractivity (Wildman–Crippen MR) is 80.4 cm³/mol. The maximum Gasteiger partial charge on any atom is 0.0824 e. The summed E-state index contributed by atoms with van der Waals surface area (Å²) in [7, 11) is 0. The van der Waals surface area contributed by atoms with Gasteiger partial charge in [-0.1, -0.05) is 19.9 Å². The van der Waals surface area contributed by atoms with Crippen LogP contribution in [0, 0.1) is 17.3 Å². The molecule has 2 rings (SSSR count). The number of rotatable bonds is 5. The third-order valence-corrected chi connectivity index (χ3v) is 5.32. The van der Waals surface area contributed by atoms with E-state index in [1.165, 1.54) is 6.42 Å². The Labute approximate surface area is 123 Å². The van der Waals surface area contributed by atoms with Crippen LogP contribution in [0.1, 0.15) is 52.9 Å². The summed E-state index contributed by atoms with van der Waals surface area (Å²) in [5, 5.41) is 19.9. The molecule has 0 radical (unpaired) electrons. The fourth-order valence-electron chi connectivity index (χ4n) is 4.35. The molecule has 0 heterocycles. The molecule has 4 atom stereocenters. The van der Waals surface area contributed by atoms with E-state index in [1.54, 1.807) is 13.8 Å². The van der Waals surface area contributed by atoms with E-state index in [0.717, 1.165) is 31.3 Å². The van der Waals surface area contributed by atoms with Gasteiger partial charge in [-0.25, -0.2) is 0 Å².